The fourth-order valence-electron chi connectivity index (χ4n) is 2.11. The number of hydrogen-bond donors (Lipinski definition) is 1. The summed E-state index contributed by atoms with van der Waals surface area (Å²) in [5, 5.41) is 6.25. The number of Topliss-reactive ketones (excluding diaryl/α,β-unsaturated/α-hetero) is 1. The molecule has 4 heteroatoms. The molecular weight excluding hydrogens is 280 g/mol. The highest BCUT2D eigenvalue weighted by Gasteiger charge is 2.11. The van der Waals surface area contributed by atoms with Crippen molar-refractivity contribution in [3.63, 3.8) is 0 Å². The Morgan fingerprint density at radius 1 is 1.33 bits per heavy atom. The number of rotatable bonds is 7. The van der Waals surface area contributed by atoms with E-state index in [4.69, 9.17) is 0 Å². The molecule has 2 rings (SSSR count). The number of carbonyl (C=O) groups excluding carboxylic acids is 1. The molecule has 0 saturated carbocycles. The van der Waals surface area contributed by atoms with Gasteiger partial charge in [-0.2, -0.15) is 0 Å². The molecule has 0 aliphatic heterocycles. The number of nitrogens with zero attached hydrogens (tertiary/aromatic N) is 1. The highest BCUT2D eigenvalue weighted by atomic mass is 32.1. The van der Waals surface area contributed by atoms with Gasteiger partial charge >= 0.3 is 0 Å². The second-order valence-electron chi connectivity index (χ2n) is 5.75. The minimum absolute atomic E-state index is 0.210. The Morgan fingerprint density at radius 3 is 2.81 bits per heavy atom. The maximum Gasteiger partial charge on any atom is 0.144 e. The molecule has 1 N–H and O–H groups in total. The van der Waals surface area contributed by atoms with Crippen molar-refractivity contribution in [3.8, 4) is 0 Å². The number of anilines is 1. The largest absolute Gasteiger partial charge is 0.385 e. The Hall–Kier alpha value is -1.68. The van der Waals surface area contributed by atoms with E-state index in [1.165, 1.54) is 16.9 Å². The Kier molecular flexibility index (Phi) is 5.51. The topological polar surface area (TPSA) is 42.0 Å². The van der Waals surface area contributed by atoms with Crippen LogP contribution in [-0.4, -0.2) is 17.3 Å². The minimum Gasteiger partial charge on any atom is -0.385 e. The first kappa shape index (κ1) is 15.7. The second kappa shape index (κ2) is 7.36. The lowest BCUT2D eigenvalue weighted by atomic mass is 10.0. The average Bonchev–Trinajstić information content (AvgIpc) is 2.91. The molecule has 0 saturated heterocycles. The van der Waals surface area contributed by atoms with Gasteiger partial charge in [-0.15, -0.1) is 11.3 Å². The zero-order chi connectivity index (χ0) is 15.2. The van der Waals surface area contributed by atoms with E-state index in [0.717, 1.165) is 22.8 Å². The minimum atomic E-state index is 0.210. The third kappa shape index (κ3) is 4.97. The van der Waals surface area contributed by atoms with Crippen molar-refractivity contribution >= 4 is 22.8 Å². The summed E-state index contributed by atoms with van der Waals surface area (Å²) in [4.78, 5) is 16.4. The van der Waals surface area contributed by atoms with Crippen molar-refractivity contribution in [2.75, 3.05) is 11.9 Å². The smallest absolute Gasteiger partial charge is 0.144 e. The van der Waals surface area contributed by atoms with E-state index >= 15 is 0 Å². The normalized spacial score (nSPS) is 10.9. The third-order valence-electron chi connectivity index (χ3n) is 3.19. The summed E-state index contributed by atoms with van der Waals surface area (Å²) in [5.41, 5.74) is 3.36. The summed E-state index contributed by atoms with van der Waals surface area (Å²) >= 11 is 1.54. The van der Waals surface area contributed by atoms with Gasteiger partial charge in [0.2, 0.25) is 0 Å². The van der Waals surface area contributed by atoms with Crippen molar-refractivity contribution in [1.29, 1.82) is 0 Å². The maximum absolute atomic E-state index is 12.2. The van der Waals surface area contributed by atoms with Gasteiger partial charge in [-0.25, -0.2) is 4.98 Å². The molecule has 0 bridgehead atoms. The summed E-state index contributed by atoms with van der Waals surface area (Å²) in [5.74, 6) is 0.783. The Labute approximate surface area is 130 Å². The van der Waals surface area contributed by atoms with Gasteiger partial charge in [0, 0.05) is 30.2 Å². The van der Waals surface area contributed by atoms with Gasteiger partial charge in [-0.1, -0.05) is 26.0 Å². The van der Waals surface area contributed by atoms with Crippen LogP contribution in [0.25, 0.3) is 0 Å². The van der Waals surface area contributed by atoms with E-state index in [2.05, 4.69) is 49.3 Å². The average molecular weight is 302 g/mol. The van der Waals surface area contributed by atoms with Crippen molar-refractivity contribution in [3.05, 3.63) is 45.9 Å². The first-order chi connectivity index (χ1) is 10.0. The Morgan fingerprint density at radius 2 is 2.14 bits per heavy atom. The molecule has 1 aromatic heterocycles. The van der Waals surface area contributed by atoms with Crippen LogP contribution in [0, 0.1) is 12.8 Å². The second-order valence-corrected chi connectivity index (χ2v) is 6.73. The molecule has 0 fully saturated rings. The number of aromatic nitrogens is 1. The highest BCUT2D eigenvalue weighted by Crippen LogP contribution is 2.20. The van der Waals surface area contributed by atoms with Crippen LogP contribution in [0.5, 0.6) is 0 Å². The number of thiazole rings is 1. The molecule has 0 atom stereocenters. The van der Waals surface area contributed by atoms with Gasteiger partial charge in [0.15, 0.2) is 0 Å². The molecule has 0 spiro atoms. The number of benzene rings is 1. The Bertz CT molecular complexity index is 591. The summed E-state index contributed by atoms with van der Waals surface area (Å²) in [7, 11) is 0. The summed E-state index contributed by atoms with van der Waals surface area (Å²) in [6.45, 7) is 7.34. The molecule has 1 heterocycles. The van der Waals surface area contributed by atoms with Crippen LogP contribution in [0.1, 0.15) is 30.0 Å². The monoisotopic (exact) mass is 302 g/mol. The van der Waals surface area contributed by atoms with E-state index in [0.29, 0.717) is 18.8 Å². The molecule has 21 heavy (non-hydrogen) atoms. The zero-order valence-corrected chi connectivity index (χ0v) is 13.7. The maximum atomic E-state index is 12.2. The lowest BCUT2D eigenvalue weighted by Gasteiger charge is -2.14. The number of aryl methyl sites for hydroxylation is 1. The number of hydrogen-bond acceptors (Lipinski definition) is 4. The Balaban J connectivity index is 2.05. The van der Waals surface area contributed by atoms with Crippen molar-refractivity contribution in [2.24, 2.45) is 5.92 Å². The van der Waals surface area contributed by atoms with E-state index in [-0.39, 0.29) is 5.78 Å². The van der Waals surface area contributed by atoms with Gasteiger partial charge in [0.25, 0.3) is 0 Å². The van der Waals surface area contributed by atoms with E-state index in [1.807, 2.05) is 5.38 Å². The first-order valence-corrected chi connectivity index (χ1v) is 8.16. The van der Waals surface area contributed by atoms with Crippen LogP contribution < -0.4 is 5.32 Å². The number of nitrogens with one attached hydrogen (secondary N) is 1. The molecular formula is C17H22N2OS. The van der Waals surface area contributed by atoms with Crippen LogP contribution in [-0.2, 0) is 17.6 Å². The van der Waals surface area contributed by atoms with Crippen molar-refractivity contribution < 1.29 is 4.79 Å². The van der Waals surface area contributed by atoms with Gasteiger partial charge in [0.05, 0.1) is 11.4 Å². The van der Waals surface area contributed by atoms with Gasteiger partial charge < -0.3 is 5.32 Å². The van der Waals surface area contributed by atoms with Crippen molar-refractivity contribution in [1.82, 2.24) is 4.98 Å². The predicted octanol–water partition coefficient (Wildman–Crippen LogP) is 3.87. The lowest BCUT2D eigenvalue weighted by molar-refractivity contribution is -0.117. The number of carbonyl (C=O) groups is 1. The van der Waals surface area contributed by atoms with E-state index in [1.54, 1.807) is 6.20 Å². The molecule has 0 aliphatic rings. The van der Waals surface area contributed by atoms with Crippen LogP contribution >= 0.6 is 11.3 Å². The van der Waals surface area contributed by atoms with Crippen LogP contribution in [0.2, 0.25) is 0 Å². The fourth-order valence-corrected chi connectivity index (χ4v) is 2.75. The van der Waals surface area contributed by atoms with Gasteiger partial charge in [0.1, 0.15) is 5.78 Å². The third-order valence-corrected chi connectivity index (χ3v) is 3.97. The molecule has 0 amide bonds. The van der Waals surface area contributed by atoms with Crippen LogP contribution in [0.4, 0.5) is 5.69 Å². The molecule has 3 nitrogen and oxygen atoms in total. The van der Waals surface area contributed by atoms with E-state index < -0.39 is 0 Å². The SMILES string of the molecule is Cc1ccc(CC(=O)Cc2nccs2)c(NCC(C)C)c1. The molecule has 1 aromatic carbocycles. The van der Waals surface area contributed by atoms with Crippen LogP contribution in [0.3, 0.4) is 0 Å². The lowest BCUT2D eigenvalue weighted by Crippen LogP contribution is -2.12. The molecule has 0 radical (unpaired) electrons. The van der Waals surface area contributed by atoms with E-state index in [9.17, 15) is 4.79 Å². The molecule has 2 aromatic rings. The summed E-state index contributed by atoms with van der Waals surface area (Å²) in [6, 6.07) is 6.23. The summed E-state index contributed by atoms with van der Waals surface area (Å²) < 4.78 is 0. The highest BCUT2D eigenvalue weighted by molar-refractivity contribution is 7.09. The predicted molar refractivity (Wildman–Crippen MR) is 89.0 cm³/mol. The zero-order valence-electron chi connectivity index (χ0n) is 12.8. The standard InChI is InChI=1S/C17H22N2OS/c1-12(2)11-19-16-8-13(3)4-5-14(16)9-15(20)10-17-18-6-7-21-17/h4-8,12,19H,9-11H2,1-3H3. The molecule has 112 valence electrons. The van der Waals surface area contributed by atoms with Gasteiger partial charge in [-0.3, -0.25) is 4.79 Å². The van der Waals surface area contributed by atoms with Gasteiger partial charge in [-0.05, 0) is 30.0 Å². The number of ketones is 1. The summed E-state index contributed by atoms with van der Waals surface area (Å²) in [6.07, 6.45) is 2.63. The molecule has 0 unspecified atom stereocenters. The first-order valence-electron chi connectivity index (χ1n) is 7.28. The van der Waals surface area contributed by atoms with Crippen molar-refractivity contribution in [2.45, 2.75) is 33.6 Å². The van der Waals surface area contributed by atoms with Crippen LogP contribution in [0.15, 0.2) is 29.8 Å². The molecule has 0 aliphatic carbocycles. The fraction of sp³-hybridized carbons (Fsp3) is 0.412. The quantitative estimate of drug-likeness (QED) is 0.844.